The van der Waals surface area contributed by atoms with Crippen LogP contribution in [-0.4, -0.2) is 42.7 Å². The molecule has 2 rings (SSSR count). The minimum Gasteiger partial charge on any atom is -0.507 e. The molecule has 0 atom stereocenters. The summed E-state index contributed by atoms with van der Waals surface area (Å²) in [6, 6.07) is 4.94. The first-order valence-electron chi connectivity index (χ1n) is 9.38. The molecule has 0 radical (unpaired) electrons. The molecule has 1 aromatic carbocycles. The number of hydrogen-bond acceptors (Lipinski definition) is 7. The van der Waals surface area contributed by atoms with Gasteiger partial charge in [-0.2, -0.15) is 0 Å². The number of rotatable bonds is 8. The largest absolute Gasteiger partial charge is 0.507 e. The number of oxazole rings is 1. The van der Waals surface area contributed by atoms with Crippen molar-refractivity contribution in [2.75, 3.05) is 18.0 Å². The first-order valence-corrected chi connectivity index (χ1v) is 10.9. The highest BCUT2D eigenvalue weighted by Crippen LogP contribution is 2.28. The Morgan fingerprint density at radius 1 is 1.32 bits per heavy atom. The molecule has 10 heteroatoms. The van der Waals surface area contributed by atoms with Crippen LogP contribution in [-0.2, 0) is 14.8 Å². The van der Waals surface area contributed by atoms with E-state index in [0.717, 1.165) is 18.8 Å². The van der Waals surface area contributed by atoms with Crippen LogP contribution in [0.3, 0.4) is 0 Å². The highest BCUT2D eigenvalue weighted by atomic mass is 32.2. The van der Waals surface area contributed by atoms with E-state index in [2.05, 4.69) is 11.6 Å². The SMILES string of the molecule is C=c1nc(/C(=C/c2ccc(N(CC)CC)cc2O)C(=O)O)o/c1=C/C=C(\C)S(N)(=O)=O. The van der Waals surface area contributed by atoms with Gasteiger partial charge in [-0.25, -0.2) is 23.3 Å². The molecule has 9 nitrogen and oxygen atoms in total. The maximum absolute atomic E-state index is 11.8. The van der Waals surface area contributed by atoms with Crippen LogP contribution < -0.4 is 20.8 Å². The minimum absolute atomic E-state index is 0.0752. The molecule has 0 spiro atoms. The molecule has 166 valence electrons. The molecular weight excluding hydrogens is 422 g/mol. The van der Waals surface area contributed by atoms with Crippen molar-refractivity contribution in [3.8, 4) is 5.75 Å². The number of nitrogens with two attached hydrogens (primary N) is 1. The topological polar surface area (TPSA) is 147 Å². The van der Waals surface area contributed by atoms with E-state index in [0.29, 0.717) is 0 Å². The summed E-state index contributed by atoms with van der Waals surface area (Å²) in [6.07, 6.45) is 3.73. The van der Waals surface area contributed by atoms with Crippen LogP contribution in [0.25, 0.3) is 24.3 Å². The van der Waals surface area contributed by atoms with Gasteiger partial charge in [0, 0.05) is 30.4 Å². The lowest BCUT2D eigenvalue weighted by Crippen LogP contribution is -2.21. The Morgan fingerprint density at radius 2 is 1.97 bits per heavy atom. The molecule has 0 saturated heterocycles. The average molecular weight is 448 g/mol. The van der Waals surface area contributed by atoms with Crippen molar-refractivity contribution in [1.29, 1.82) is 0 Å². The fraction of sp³-hybridized carbons (Fsp3) is 0.238. The van der Waals surface area contributed by atoms with Gasteiger partial charge in [0.15, 0.2) is 5.42 Å². The van der Waals surface area contributed by atoms with Crippen molar-refractivity contribution in [2.24, 2.45) is 5.14 Å². The van der Waals surface area contributed by atoms with Crippen molar-refractivity contribution < 1.29 is 27.8 Å². The van der Waals surface area contributed by atoms with Gasteiger partial charge in [-0.05, 0) is 51.1 Å². The highest BCUT2D eigenvalue weighted by Gasteiger charge is 2.18. The normalized spacial score (nSPS) is 13.5. The van der Waals surface area contributed by atoms with Crippen molar-refractivity contribution in [3.63, 3.8) is 0 Å². The van der Waals surface area contributed by atoms with E-state index < -0.39 is 16.0 Å². The van der Waals surface area contributed by atoms with E-state index in [4.69, 9.17) is 9.56 Å². The Hall–Kier alpha value is -3.37. The first-order chi connectivity index (χ1) is 14.5. The Labute approximate surface area is 180 Å². The fourth-order valence-electron chi connectivity index (χ4n) is 2.71. The summed E-state index contributed by atoms with van der Waals surface area (Å²) < 4.78 is 28.0. The summed E-state index contributed by atoms with van der Waals surface area (Å²) >= 11 is 0. The monoisotopic (exact) mass is 447 g/mol. The Bertz CT molecular complexity index is 1250. The van der Waals surface area contributed by atoms with Crippen LogP contribution in [0.2, 0.25) is 0 Å². The van der Waals surface area contributed by atoms with Gasteiger partial charge in [0.2, 0.25) is 15.9 Å². The van der Waals surface area contributed by atoms with Crippen LogP contribution in [0.4, 0.5) is 5.69 Å². The third kappa shape index (κ3) is 5.83. The molecule has 31 heavy (non-hydrogen) atoms. The number of allylic oxidation sites excluding steroid dienone is 2. The lowest BCUT2D eigenvalue weighted by Gasteiger charge is -2.21. The number of phenols is 1. The molecule has 0 aliphatic heterocycles. The lowest BCUT2D eigenvalue weighted by molar-refractivity contribution is -0.130. The smallest absolute Gasteiger partial charge is 0.341 e. The van der Waals surface area contributed by atoms with Crippen LogP contribution in [0.15, 0.2) is 33.6 Å². The van der Waals surface area contributed by atoms with E-state index in [-0.39, 0.29) is 38.4 Å². The maximum Gasteiger partial charge on any atom is 0.341 e. The molecule has 2 aromatic rings. The first kappa shape index (κ1) is 23.9. The number of sulfonamides is 1. The van der Waals surface area contributed by atoms with E-state index >= 15 is 0 Å². The van der Waals surface area contributed by atoms with Crippen LogP contribution >= 0.6 is 0 Å². The van der Waals surface area contributed by atoms with E-state index in [1.54, 1.807) is 18.2 Å². The van der Waals surface area contributed by atoms with E-state index in [1.807, 2.05) is 18.7 Å². The summed E-state index contributed by atoms with van der Waals surface area (Å²) in [5.74, 6) is -1.66. The number of carboxylic acids is 1. The standard InChI is InChI=1S/C21H25N3O6S/c1-5-24(6-2)16-9-8-15(18(25)12-16)11-17(21(26)27)20-23-14(4)19(30-20)10-7-13(3)31(22,28)29/h7-12,25H,4-6H2,1-3H3,(H,26,27)(H2,22,28,29)/b13-7+,17-11-,19-10+. The molecule has 1 heterocycles. The molecule has 0 amide bonds. The Balaban J connectivity index is 2.52. The quantitative estimate of drug-likeness (QED) is 0.512. The van der Waals surface area contributed by atoms with Gasteiger partial charge in [-0.3, -0.25) is 0 Å². The molecular formula is C21H25N3O6S. The third-order valence-electron chi connectivity index (χ3n) is 4.55. The van der Waals surface area contributed by atoms with Crippen molar-refractivity contribution in [2.45, 2.75) is 20.8 Å². The second kappa shape index (κ2) is 9.63. The minimum atomic E-state index is -3.86. The zero-order chi connectivity index (χ0) is 23.3. The molecule has 0 aliphatic carbocycles. The number of anilines is 1. The molecule has 4 N–H and O–H groups in total. The summed E-state index contributed by atoms with van der Waals surface area (Å²) in [5, 5.41) is 25.1. The summed E-state index contributed by atoms with van der Waals surface area (Å²) in [7, 11) is -3.86. The van der Waals surface area contributed by atoms with Crippen LogP contribution in [0, 0.1) is 0 Å². The van der Waals surface area contributed by atoms with Gasteiger partial charge in [0.25, 0.3) is 0 Å². The number of hydrogen-bond donors (Lipinski definition) is 3. The second-order valence-corrected chi connectivity index (χ2v) is 8.33. The average Bonchev–Trinajstić information content (AvgIpc) is 3.05. The van der Waals surface area contributed by atoms with Gasteiger partial charge >= 0.3 is 5.97 Å². The number of aliphatic carboxylic acids is 1. The number of nitrogens with zero attached hydrogens (tertiary/aromatic N) is 2. The second-order valence-electron chi connectivity index (χ2n) is 6.60. The number of aromatic hydroxyl groups is 1. The van der Waals surface area contributed by atoms with Gasteiger partial charge in [0.05, 0.1) is 4.91 Å². The number of benzene rings is 1. The molecule has 0 bridgehead atoms. The summed E-state index contributed by atoms with van der Waals surface area (Å²) in [5.41, 5.74) is 0.850. The molecule has 0 aliphatic rings. The lowest BCUT2D eigenvalue weighted by atomic mass is 10.1. The Kier molecular flexibility index (Phi) is 7.42. The fourth-order valence-corrected chi connectivity index (χ4v) is 2.96. The number of phenolic OH excluding ortho intramolecular Hbond substituents is 1. The number of primary sulfonamides is 1. The van der Waals surface area contributed by atoms with E-state index in [9.17, 15) is 23.4 Å². The Morgan fingerprint density at radius 3 is 2.48 bits per heavy atom. The predicted octanol–water partition coefficient (Wildman–Crippen LogP) is 1.23. The van der Waals surface area contributed by atoms with Crippen molar-refractivity contribution in [1.82, 2.24) is 4.98 Å². The number of carboxylic acid groups (broad SMARTS) is 1. The van der Waals surface area contributed by atoms with Gasteiger partial charge in [-0.15, -0.1) is 0 Å². The summed E-state index contributed by atoms with van der Waals surface area (Å²) in [4.78, 5) is 17.7. The third-order valence-corrected chi connectivity index (χ3v) is 5.58. The van der Waals surface area contributed by atoms with Gasteiger partial charge in [0.1, 0.15) is 16.7 Å². The highest BCUT2D eigenvalue weighted by molar-refractivity contribution is 7.93. The number of carbonyl (C=O) groups is 1. The van der Waals surface area contributed by atoms with Crippen molar-refractivity contribution in [3.05, 3.63) is 51.4 Å². The molecule has 1 aromatic heterocycles. The molecule has 0 fully saturated rings. The predicted molar refractivity (Wildman–Crippen MR) is 120 cm³/mol. The molecule has 0 saturated carbocycles. The maximum atomic E-state index is 11.8. The van der Waals surface area contributed by atoms with Crippen LogP contribution in [0.1, 0.15) is 32.2 Å². The summed E-state index contributed by atoms with van der Waals surface area (Å²) in [6.45, 7) is 10.5. The van der Waals surface area contributed by atoms with Gasteiger partial charge < -0.3 is 19.5 Å². The zero-order valence-corrected chi connectivity index (χ0v) is 18.3. The number of aromatic nitrogens is 1. The van der Waals surface area contributed by atoms with Crippen LogP contribution in [0.5, 0.6) is 5.75 Å². The van der Waals surface area contributed by atoms with Gasteiger partial charge in [-0.1, -0.05) is 6.58 Å². The molecule has 0 unspecified atom stereocenters. The van der Waals surface area contributed by atoms with E-state index in [1.165, 1.54) is 25.2 Å². The van der Waals surface area contributed by atoms with Crippen molar-refractivity contribution >= 4 is 46.0 Å². The zero-order valence-electron chi connectivity index (χ0n) is 17.5.